The molecular weight excluding hydrogens is 504 g/mol. The summed E-state index contributed by atoms with van der Waals surface area (Å²) in [5.74, 6) is -3.38. The van der Waals surface area contributed by atoms with E-state index in [0.29, 0.717) is 0 Å². The highest BCUT2D eigenvalue weighted by Crippen LogP contribution is 2.44. The van der Waals surface area contributed by atoms with Gasteiger partial charge in [0.15, 0.2) is 6.10 Å². The molecule has 4 N–H and O–H groups in total. The zero-order valence-corrected chi connectivity index (χ0v) is 20.9. The summed E-state index contributed by atoms with van der Waals surface area (Å²) in [7, 11) is 0. The van der Waals surface area contributed by atoms with Crippen LogP contribution in [0.5, 0.6) is 0 Å². The van der Waals surface area contributed by atoms with Crippen LogP contribution < -0.4 is 10.6 Å². The summed E-state index contributed by atoms with van der Waals surface area (Å²) in [6.07, 6.45) is -3.33. The average molecular weight is 533 g/mol. The first kappa shape index (κ1) is 27.3. The topological polar surface area (TPSA) is 151 Å². The van der Waals surface area contributed by atoms with Crippen LogP contribution in [0.2, 0.25) is 0 Å². The molecule has 202 valence electrons. The minimum absolute atomic E-state index is 0.00954. The van der Waals surface area contributed by atoms with Crippen molar-refractivity contribution in [2.75, 3.05) is 13.2 Å². The van der Waals surface area contributed by atoms with Crippen LogP contribution in [0.1, 0.15) is 29.0 Å². The van der Waals surface area contributed by atoms with E-state index < -0.39 is 49.1 Å². The van der Waals surface area contributed by atoms with Gasteiger partial charge in [0.1, 0.15) is 19.3 Å². The molecule has 0 fully saturated rings. The number of carboxylic acids is 1. The maximum atomic E-state index is 12.7. The van der Waals surface area contributed by atoms with Crippen LogP contribution >= 0.6 is 0 Å². The van der Waals surface area contributed by atoms with Gasteiger partial charge in [-0.3, -0.25) is 9.59 Å². The molecule has 2 amide bonds. The lowest BCUT2D eigenvalue weighted by Gasteiger charge is -2.20. The van der Waals surface area contributed by atoms with Crippen molar-refractivity contribution in [3.05, 3.63) is 95.6 Å². The van der Waals surface area contributed by atoms with Crippen molar-refractivity contribution in [1.29, 1.82) is 0 Å². The van der Waals surface area contributed by atoms with Crippen molar-refractivity contribution in [1.82, 2.24) is 10.6 Å². The van der Waals surface area contributed by atoms with Crippen LogP contribution in [0, 0.1) is 0 Å². The van der Waals surface area contributed by atoms with Crippen LogP contribution in [-0.2, 0) is 30.5 Å². The summed E-state index contributed by atoms with van der Waals surface area (Å²) in [5, 5.41) is 22.9. The predicted molar refractivity (Wildman–Crippen MR) is 139 cm³/mol. The first-order valence-corrected chi connectivity index (χ1v) is 12.3. The van der Waals surface area contributed by atoms with E-state index in [0.717, 1.165) is 27.8 Å². The van der Waals surface area contributed by atoms with E-state index in [2.05, 4.69) is 10.6 Å². The number of aliphatic hydroxyl groups is 1. The number of aliphatic hydroxyl groups excluding tert-OH is 1. The molecule has 0 radical (unpaired) electrons. The quantitative estimate of drug-likeness (QED) is 0.275. The first-order valence-electron chi connectivity index (χ1n) is 12.3. The number of rotatable bonds is 11. The highest BCUT2D eigenvalue weighted by molar-refractivity contribution is 5.90. The van der Waals surface area contributed by atoms with Gasteiger partial charge in [0.25, 0.3) is 0 Å². The van der Waals surface area contributed by atoms with Gasteiger partial charge in [-0.1, -0.05) is 78.9 Å². The number of carbonyl (C=O) groups excluding carboxylic acids is 3. The second-order valence-corrected chi connectivity index (χ2v) is 8.97. The standard InChI is InChI=1S/C29H28N2O8/c32-25(28(35)36)15-30-27(34)24(14-26(33)38-16-18-8-2-1-3-9-18)31-29(37)39-17-23-21-12-6-4-10-19(21)20-11-5-7-13-22(20)23/h1-13,23-25,32H,14-17H2,(H,30,34)(H,31,37)(H,35,36)/t24-,25-/m0/s1. The molecule has 0 unspecified atom stereocenters. The molecule has 39 heavy (non-hydrogen) atoms. The van der Waals surface area contributed by atoms with Crippen molar-refractivity contribution in [2.45, 2.75) is 31.1 Å². The highest BCUT2D eigenvalue weighted by atomic mass is 16.5. The van der Waals surface area contributed by atoms with Crippen molar-refractivity contribution in [2.24, 2.45) is 0 Å². The lowest BCUT2D eigenvalue weighted by atomic mass is 9.98. The zero-order chi connectivity index (χ0) is 27.8. The number of aliphatic carboxylic acids is 1. The monoisotopic (exact) mass is 532 g/mol. The molecule has 3 aromatic carbocycles. The maximum absolute atomic E-state index is 12.7. The Morgan fingerprint density at radius 1 is 0.821 bits per heavy atom. The van der Waals surface area contributed by atoms with E-state index in [9.17, 15) is 24.3 Å². The number of hydrogen-bond acceptors (Lipinski definition) is 7. The Bertz CT molecular complexity index is 1300. The lowest BCUT2D eigenvalue weighted by Crippen LogP contribution is -2.50. The Hall–Kier alpha value is -4.70. The molecule has 0 bridgehead atoms. The maximum Gasteiger partial charge on any atom is 0.407 e. The normalized spacial score (nSPS) is 13.4. The fourth-order valence-corrected chi connectivity index (χ4v) is 4.36. The molecule has 10 heteroatoms. The molecule has 4 rings (SSSR count). The third-order valence-electron chi connectivity index (χ3n) is 6.32. The van der Waals surface area contributed by atoms with E-state index in [1.165, 1.54) is 0 Å². The fraction of sp³-hybridized carbons (Fsp3) is 0.241. The first-order chi connectivity index (χ1) is 18.8. The predicted octanol–water partition coefficient (Wildman–Crippen LogP) is 2.59. The van der Waals surface area contributed by atoms with Gasteiger partial charge in [-0.05, 0) is 27.8 Å². The molecule has 0 aliphatic heterocycles. The average Bonchev–Trinajstić information content (AvgIpc) is 3.27. The van der Waals surface area contributed by atoms with Crippen LogP contribution in [0.3, 0.4) is 0 Å². The number of hydrogen-bond donors (Lipinski definition) is 4. The smallest absolute Gasteiger partial charge is 0.407 e. The van der Waals surface area contributed by atoms with E-state index in [1.807, 2.05) is 54.6 Å². The SMILES string of the molecule is O=C(C[C@H](NC(=O)OCC1c2ccccc2-c2ccccc21)C(=O)NC[C@H](O)C(=O)O)OCc1ccccc1. The number of carbonyl (C=O) groups is 4. The molecule has 2 atom stereocenters. The van der Waals surface area contributed by atoms with Gasteiger partial charge >= 0.3 is 18.0 Å². The van der Waals surface area contributed by atoms with E-state index in [1.54, 1.807) is 24.3 Å². The van der Waals surface area contributed by atoms with E-state index in [4.69, 9.17) is 14.6 Å². The van der Waals surface area contributed by atoms with Crippen molar-refractivity contribution in [3.8, 4) is 11.1 Å². The van der Waals surface area contributed by atoms with Crippen molar-refractivity contribution < 1.29 is 38.9 Å². The van der Waals surface area contributed by atoms with Gasteiger partial charge < -0.3 is 30.3 Å². The number of amides is 2. The number of carboxylic acid groups (broad SMARTS) is 1. The van der Waals surface area contributed by atoms with E-state index in [-0.39, 0.29) is 19.1 Å². The van der Waals surface area contributed by atoms with Gasteiger partial charge in [-0.25, -0.2) is 9.59 Å². The molecule has 0 saturated heterocycles. The molecule has 1 aliphatic rings. The number of nitrogens with one attached hydrogen (secondary N) is 2. The summed E-state index contributed by atoms with van der Waals surface area (Å²) in [5.41, 5.74) is 4.86. The summed E-state index contributed by atoms with van der Waals surface area (Å²) >= 11 is 0. The molecule has 1 aliphatic carbocycles. The minimum atomic E-state index is -1.85. The highest BCUT2D eigenvalue weighted by Gasteiger charge is 2.31. The van der Waals surface area contributed by atoms with Crippen molar-refractivity contribution >= 4 is 23.9 Å². The molecule has 3 aromatic rings. The summed E-state index contributed by atoms with van der Waals surface area (Å²) in [6.45, 7) is -0.656. The van der Waals surface area contributed by atoms with Crippen LogP contribution in [-0.4, -0.2) is 59.4 Å². The Morgan fingerprint density at radius 3 is 2.03 bits per heavy atom. The Morgan fingerprint density at radius 2 is 1.41 bits per heavy atom. The third kappa shape index (κ3) is 6.99. The van der Waals surface area contributed by atoms with Gasteiger partial charge in [0.2, 0.25) is 5.91 Å². The zero-order valence-electron chi connectivity index (χ0n) is 20.9. The number of benzene rings is 3. The minimum Gasteiger partial charge on any atom is -0.479 e. The second kappa shape index (κ2) is 12.7. The fourth-order valence-electron chi connectivity index (χ4n) is 4.36. The number of esters is 1. The number of alkyl carbamates (subject to hydrolysis) is 1. The second-order valence-electron chi connectivity index (χ2n) is 8.97. The molecule has 0 aromatic heterocycles. The number of fused-ring (bicyclic) bond motifs is 3. The molecular formula is C29H28N2O8. The van der Waals surface area contributed by atoms with Gasteiger partial charge in [0, 0.05) is 5.92 Å². The molecule has 0 heterocycles. The molecule has 0 saturated carbocycles. The van der Waals surface area contributed by atoms with Gasteiger partial charge in [0.05, 0.1) is 13.0 Å². The Balaban J connectivity index is 1.39. The molecule has 0 spiro atoms. The van der Waals surface area contributed by atoms with E-state index >= 15 is 0 Å². The summed E-state index contributed by atoms with van der Waals surface area (Å²) in [6, 6.07) is 23.1. The third-order valence-corrected chi connectivity index (χ3v) is 6.32. The van der Waals surface area contributed by atoms with Crippen LogP contribution in [0.15, 0.2) is 78.9 Å². The number of ether oxygens (including phenoxy) is 2. The Labute approximate surface area is 224 Å². The van der Waals surface area contributed by atoms with Gasteiger partial charge in [-0.2, -0.15) is 0 Å². The molecule has 10 nitrogen and oxygen atoms in total. The Kier molecular flexibility index (Phi) is 8.90. The summed E-state index contributed by atoms with van der Waals surface area (Å²) in [4.78, 5) is 48.8. The van der Waals surface area contributed by atoms with Crippen LogP contribution in [0.25, 0.3) is 11.1 Å². The largest absolute Gasteiger partial charge is 0.479 e. The lowest BCUT2D eigenvalue weighted by molar-refractivity contribution is -0.148. The van der Waals surface area contributed by atoms with Gasteiger partial charge in [-0.15, -0.1) is 0 Å². The summed E-state index contributed by atoms with van der Waals surface area (Å²) < 4.78 is 10.7. The van der Waals surface area contributed by atoms with Crippen LogP contribution in [0.4, 0.5) is 4.79 Å². The van der Waals surface area contributed by atoms with Crippen molar-refractivity contribution in [3.63, 3.8) is 0 Å².